The van der Waals surface area contributed by atoms with Crippen molar-refractivity contribution in [2.45, 2.75) is 0 Å². The van der Waals surface area contributed by atoms with E-state index in [2.05, 4.69) is 4.98 Å². The van der Waals surface area contributed by atoms with Crippen LogP contribution in [0.1, 0.15) is 0 Å². The normalized spacial score (nSPS) is 11.4. The Bertz CT molecular complexity index is 1010. The number of fused-ring (bicyclic) bond motifs is 3. The highest BCUT2D eigenvalue weighted by atomic mass is 16.5. The van der Waals surface area contributed by atoms with Crippen molar-refractivity contribution in [3.05, 3.63) is 24.4 Å². The van der Waals surface area contributed by atoms with Crippen molar-refractivity contribution < 1.29 is 24.1 Å². The molecule has 0 saturated heterocycles. The van der Waals surface area contributed by atoms with Gasteiger partial charge in [-0.2, -0.15) is 0 Å². The van der Waals surface area contributed by atoms with E-state index in [0.29, 0.717) is 23.0 Å². The summed E-state index contributed by atoms with van der Waals surface area (Å²) in [5.41, 5.74) is 3.30. The Labute approximate surface area is 144 Å². The largest absolute Gasteiger partial charge is 0.504 e. The van der Waals surface area contributed by atoms with Gasteiger partial charge in [0, 0.05) is 28.1 Å². The van der Waals surface area contributed by atoms with Crippen molar-refractivity contribution in [1.29, 1.82) is 0 Å². The monoisotopic (exact) mass is 339 g/mol. The van der Waals surface area contributed by atoms with Gasteiger partial charge in [-0.3, -0.25) is 4.98 Å². The fourth-order valence-electron chi connectivity index (χ4n) is 3.54. The summed E-state index contributed by atoms with van der Waals surface area (Å²) in [6.45, 7) is 0. The minimum atomic E-state index is 0.0609. The molecule has 4 rings (SSSR count). The Balaban J connectivity index is 2.23. The number of phenols is 1. The van der Waals surface area contributed by atoms with Crippen LogP contribution in [0.5, 0.6) is 28.7 Å². The van der Waals surface area contributed by atoms with Gasteiger partial charge < -0.3 is 24.1 Å². The molecule has 1 N–H and O–H groups in total. The fraction of sp³-hybridized carbons (Fsp3) is 0.211. The molecular weight excluding hydrogens is 322 g/mol. The van der Waals surface area contributed by atoms with E-state index in [0.717, 1.165) is 33.2 Å². The molecule has 3 aromatic rings. The molecular formula is C19H17NO5. The maximum absolute atomic E-state index is 10.2. The summed E-state index contributed by atoms with van der Waals surface area (Å²) in [5.74, 6) is 2.12. The second kappa shape index (κ2) is 5.44. The van der Waals surface area contributed by atoms with Crippen LogP contribution in [-0.4, -0.2) is 38.5 Å². The first-order valence-corrected chi connectivity index (χ1v) is 7.68. The van der Waals surface area contributed by atoms with Gasteiger partial charge >= 0.3 is 0 Å². The third-order valence-electron chi connectivity index (χ3n) is 4.54. The summed E-state index contributed by atoms with van der Waals surface area (Å²) in [7, 11) is 6.28. The van der Waals surface area contributed by atoms with Gasteiger partial charge in [0.1, 0.15) is 0 Å². The van der Waals surface area contributed by atoms with Gasteiger partial charge in [-0.1, -0.05) is 0 Å². The summed E-state index contributed by atoms with van der Waals surface area (Å²) in [5, 5.41) is 12.0. The smallest absolute Gasteiger partial charge is 0.204 e. The molecule has 0 saturated carbocycles. The molecule has 6 nitrogen and oxygen atoms in total. The van der Waals surface area contributed by atoms with Gasteiger partial charge in [0.05, 0.1) is 34.1 Å². The lowest BCUT2D eigenvalue weighted by Crippen LogP contribution is -1.98. The van der Waals surface area contributed by atoms with Gasteiger partial charge in [-0.05, 0) is 23.8 Å². The van der Waals surface area contributed by atoms with E-state index in [1.165, 1.54) is 7.11 Å². The average molecular weight is 339 g/mol. The van der Waals surface area contributed by atoms with Crippen LogP contribution in [0.25, 0.3) is 33.2 Å². The van der Waals surface area contributed by atoms with Crippen LogP contribution in [0, 0.1) is 0 Å². The van der Waals surface area contributed by atoms with Crippen molar-refractivity contribution in [1.82, 2.24) is 4.98 Å². The molecule has 1 aliphatic rings. The van der Waals surface area contributed by atoms with Crippen LogP contribution in [0.3, 0.4) is 0 Å². The number of ether oxygens (including phenoxy) is 4. The Morgan fingerprint density at radius 2 is 1.56 bits per heavy atom. The lowest BCUT2D eigenvalue weighted by atomic mass is 10.0. The molecule has 0 radical (unpaired) electrons. The summed E-state index contributed by atoms with van der Waals surface area (Å²) in [4.78, 5) is 4.52. The molecule has 0 aliphatic heterocycles. The number of nitrogens with zero attached hydrogens (tertiary/aromatic N) is 1. The number of aromatic nitrogens is 1. The van der Waals surface area contributed by atoms with Crippen molar-refractivity contribution in [3.63, 3.8) is 0 Å². The molecule has 2 aromatic carbocycles. The molecule has 128 valence electrons. The number of phenolic OH excluding ortho intramolecular Hbond substituents is 1. The first kappa shape index (κ1) is 15.4. The molecule has 0 spiro atoms. The van der Waals surface area contributed by atoms with E-state index in [9.17, 15) is 5.11 Å². The van der Waals surface area contributed by atoms with Gasteiger partial charge in [0.15, 0.2) is 23.0 Å². The van der Waals surface area contributed by atoms with Gasteiger partial charge in [0.25, 0.3) is 0 Å². The zero-order chi connectivity index (χ0) is 17.7. The molecule has 6 heteroatoms. The number of hydrogen-bond acceptors (Lipinski definition) is 6. The third-order valence-corrected chi connectivity index (χ3v) is 4.54. The van der Waals surface area contributed by atoms with Crippen molar-refractivity contribution in [3.8, 4) is 51.1 Å². The highest BCUT2D eigenvalue weighted by Crippen LogP contribution is 2.58. The summed E-state index contributed by atoms with van der Waals surface area (Å²) in [6, 6.07) is 5.33. The number of pyridine rings is 1. The fourth-order valence-corrected chi connectivity index (χ4v) is 3.54. The van der Waals surface area contributed by atoms with E-state index in [-0.39, 0.29) is 5.75 Å². The topological polar surface area (TPSA) is 70.0 Å². The van der Waals surface area contributed by atoms with Crippen molar-refractivity contribution >= 4 is 10.8 Å². The van der Waals surface area contributed by atoms with Crippen LogP contribution in [0.15, 0.2) is 24.4 Å². The zero-order valence-corrected chi connectivity index (χ0v) is 14.3. The summed E-state index contributed by atoms with van der Waals surface area (Å²) in [6.07, 6.45) is 1.71. The highest BCUT2D eigenvalue weighted by molar-refractivity contribution is 6.19. The van der Waals surface area contributed by atoms with E-state index in [4.69, 9.17) is 18.9 Å². The van der Waals surface area contributed by atoms with E-state index in [1.807, 2.05) is 6.07 Å². The second-order valence-electron chi connectivity index (χ2n) is 5.63. The van der Waals surface area contributed by atoms with Gasteiger partial charge in [-0.15, -0.1) is 0 Å². The lowest BCUT2D eigenvalue weighted by Gasteiger charge is -2.17. The number of benzene rings is 2. The predicted octanol–water partition coefficient (Wildman–Crippen LogP) is 3.62. The molecule has 0 fully saturated rings. The van der Waals surface area contributed by atoms with E-state index >= 15 is 0 Å². The van der Waals surface area contributed by atoms with Crippen LogP contribution in [-0.2, 0) is 0 Å². The van der Waals surface area contributed by atoms with Crippen LogP contribution in [0.2, 0.25) is 0 Å². The molecule has 25 heavy (non-hydrogen) atoms. The van der Waals surface area contributed by atoms with Crippen molar-refractivity contribution in [2.24, 2.45) is 0 Å². The number of aromatic hydroxyl groups is 1. The van der Waals surface area contributed by atoms with E-state index < -0.39 is 0 Å². The molecule has 0 amide bonds. The molecule has 0 unspecified atom stereocenters. The SMILES string of the molecule is COc1cc2c(cc1O)-c1nccc3c(OC)c(OC)c(OC)c-2c13. The van der Waals surface area contributed by atoms with Crippen LogP contribution >= 0.6 is 0 Å². The van der Waals surface area contributed by atoms with E-state index in [1.54, 1.807) is 39.7 Å². The standard InChI is InChI=1S/C19H17NO5/c1-22-13-8-10-11(7-12(13)21)16-14-9(5-6-20-16)17(23-2)19(25-4)18(24-3)15(10)14/h5-8,21H,1-4H3. The Morgan fingerprint density at radius 3 is 2.20 bits per heavy atom. The minimum Gasteiger partial charge on any atom is -0.504 e. The Kier molecular flexibility index (Phi) is 3.35. The number of rotatable bonds is 4. The van der Waals surface area contributed by atoms with Gasteiger partial charge in [-0.25, -0.2) is 0 Å². The summed E-state index contributed by atoms with van der Waals surface area (Å²) >= 11 is 0. The maximum atomic E-state index is 10.2. The molecule has 0 bridgehead atoms. The zero-order valence-electron chi connectivity index (χ0n) is 14.3. The van der Waals surface area contributed by atoms with Crippen LogP contribution in [0.4, 0.5) is 0 Å². The Hall–Kier alpha value is -3.15. The molecule has 1 aliphatic carbocycles. The average Bonchev–Trinajstić information content (AvgIpc) is 2.95. The minimum absolute atomic E-state index is 0.0609. The first-order valence-electron chi connectivity index (χ1n) is 7.68. The first-order chi connectivity index (χ1) is 12.2. The molecule has 1 aromatic heterocycles. The van der Waals surface area contributed by atoms with Gasteiger partial charge in [0.2, 0.25) is 5.75 Å². The predicted molar refractivity (Wildman–Crippen MR) is 94.0 cm³/mol. The highest BCUT2D eigenvalue weighted by Gasteiger charge is 2.32. The van der Waals surface area contributed by atoms with Crippen molar-refractivity contribution in [2.75, 3.05) is 28.4 Å². The maximum Gasteiger partial charge on any atom is 0.204 e. The Morgan fingerprint density at radius 1 is 0.840 bits per heavy atom. The molecule has 1 heterocycles. The second-order valence-corrected chi connectivity index (χ2v) is 5.63. The third kappa shape index (κ3) is 1.88. The van der Waals surface area contributed by atoms with Crippen LogP contribution < -0.4 is 18.9 Å². The summed E-state index contributed by atoms with van der Waals surface area (Å²) < 4.78 is 22.1. The lowest BCUT2D eigenvalue weighted by molar-refractivity contribution is 0.328. The number of methoxy groups -OCH3 is 4. The quantitative estimate of drug-likeness (QED) is 0.612. The number of hydrogen-bond donors (Lipinski definition) is 1. The molecule has 0 atom stereocenters.